The molecule has 0 spiro atoms. The Hall–Kier alpha value is -1.39. The van der Waals surface area contributed by atoms with E-state index in [1.807, 2.05) is 0 Å². The Morgan fingerprint density at radius 3 is 2.52 bits per heavy atom. The lowest BCUT2D eigenvalue weighted by Crippen LogP contribution is -2.25. The molecule has 0 saturated heterocycles. The highest BCUT2D eigenvalue weighted by Gasteiger charge is 2.17. The molecule has 0 saturated carbocycles. The number of aromatic nitrogens is 1. The van der Waals surface area contributed by atoms with Crippen molar-refractivity contribution in [1.29, 1.82) is 0 Å². The number of carbonyl (C=O) groups is 1. The fourth-order valence-corrected chi connectivity index (χ4v) is 2.91. The smallest absolute Gasteiger partial charge is 0.251 e. The SMILES string of the molecule is CC(C)(C)c1csc(CCNC(=O)c2ccc(Cl)cc2)n1. The van der Waals surface area contributed by atoms with Gasteiger partial charge in [0, 0.05) is 34.3 Å². The Kier molecular flexibility index (Phi) is 5.01. The Bertz CT molecular complexity index is 614. The number of rotatable bonds is 4. The number of carbonyl (C=O) groups excluding carboxylic acids is 1. The number of hydrogen-bond acceptors (Lipinski definition) is 3. The number of benzene rings is 1. The first-order chi connectivity index (χ1) is 9.86. The summed E-state index contributed by atoms with van der Waals surface area (Å²) in [6.45, 7) is 7.02. The quantitative estimate of drug-likeness (QED) is 0.922. The van der Waals surface area contributed by atoms with Crippen LogP contribution in [0.25, 0.3) is 0 Å². The predicted octanol–water partition coefficient (Wildman–Crippen LogP) is 4.07. The van der Waals surface area contributed by atoms with Crippen molar-refractivity contribution in [3.05, 3.63) is 50.9 Å². The number of nitrogens with zero attached hydrogens (tertiary/aromatic N) is 1. The fraction of sp³-hybridized carbons (Fsp3) is 0.375. The third-order valence-electron chi connectivity index (χ3n) is 3.05. The van der Waals surface area contributed by atoms with Crippen LogP contribution >= 0.6 is 22.9 Å². The summed E-state index contributed by atoms with van der Waals surface area (Å²) in [5.41, 5.74) is 1.79. The molecule has 2 aromatic rings. The van der Waals surface area contributed by atoms with Gasteiger partial charge < -0.3 is 5.32 Å². The van der Waals surface area contributed by atoms with E-state index < -0.39 is 0 Å². The monoisotopic (exact) mass is 322 g/mol. The lowest BCUT2D eigenvalue weighted by Gasteiger charge is -2.14. The van der Waals surface area contributed by atoms with Crippen molar-refractivity contribution in [2.75, 3.05) is 6.54 Å². The molecular formula is C16H19ClN2OS. The van der Waals surface area contributed by atoms with Crippen LogP contribution in [0.3, 0.4) is 0 Å². The maximum atomic E-state index is 11.9. The third kappa shape index (κ3) is 4.55. The van der Waals surface area contributed by atoms with Gasteiger partial charge >= 0.3 is 0 Å². The summed E-state index contributed by atoms with van der Waals surface area (Å²) in [5, 5.41) is 6.67. The average molecular weight is 323 g/mol. The molecule has 21 heavy (non-hydrogen) atoms. The summed E-state index contributed by atoms with van der Waals surface area (Å²) < 4.78 is 0. The van der Waals surface area contributed by atoms with Crippen LogP contribution in [0.5, 0.6) is 0 Å². The zero-order chi connectivity index (χ0) is 15.5. The van der Waals surface area contributed by atoms with Crippen LogP contribution in [0.4, 0.5) is 0 Å². The molecule has 112 valence electrons. The standard InChI is InChI=1S/C16H19ClN2OS/c1-16(2,3)13-10-21-14(19-13)8-9-18-15(20)11-4-6-12(17)7-5-11/h4-7,10H,8-9H2,1-3H3,(H,18,20). The van der Waals surface area contributed by atoms with E-state index in [1.54, 1.807) is 35.6 Å². The van der Waals surface area contributed by atoms with Gasteiger partial charge in [-0.3, -0.25) is 4.79 Å². The van der Waals surface area contributed by atoms with Gasteiger partial charge in [-0.1, -0.05) is 32.4 Å². The molecule has 2 rings (SSSR count). The van der Waals surface area contributed by atoms with E-state index in [0.29, 0.717) is 17.1 Å². The van der Waals surface area contributed by atoms with E-state index in [2.05, 4.69) is 36.5 Å². The van der Waals surface area contributed by atoms with E-state index in [-0.39, 0.29) is 11.3 Å². The number of halogens is 1. The molecule has 0 aliphatic rings. The minimum atomic E-state index is -0.0840. The molecule has 0 radical (unpaired) electrons. The van der Waals surface area contributed by atoms with Crippen molar-refractivity contribution in [1.82, 2.24) is 10.3 Å². The van der Waals surface area contributed by atoms with E-state index in [9.17, 15) is 4.79 Å². The van der Waals surface area contributed by atoms with Crippen molar-refractivity contribution in [2.45, 2.75) is 32.6 Å². The van der Waals surface area contributed by atoms with Crippen molar-refractivity contribution in [3.63, 3.8) is 0 Å². The minimum Gasteiger partial charge on any atom is -0.352 e. The first-order valence-corrected chi connectivity index (χ1v) is 8.10. The van der Waals surface area contributed by atoms with Crippen LogP contribution in [0.1, 0.15) is 41.8 Å². The highest BCUT2D eigenvalue weighted by Crippen LogP contribution is 2.23. The second-order valence-electron chi connectivity index (χ2n) is 5.89. The van der Waals surface area contributed by atoms with Crippen LogP contribution in [0, 0.1) is 0 Å². The summed E-state index contributed by atoms with van der Waals surface area (Å²) in [6.07, 6.45) is 0.750. The second-order valence-corrected chi connectivity index (χ2v) is 7.27. The van der Waals surface area contributed by atoms with Gasteiger partial charge in [0.1, 0.15) is 0 Å². The van der Waals surface area contributed by atoms with Gasteiger partial charge in [0.25, 0.3) is 5.91 Å². The summed E-state index contributed by atoms with van der Waals surface area (Å²) in [7, 11) is 0. The predicted molar refractivity (Wildman–Crippen MR) is 88.3 cm³/mol. The number of nitrogens with one attached hydrogen (secondary N) is 1. The highest BCUT2D eigenvalue weighted by atomic mass is 35.5. The first kappa shape index (κ1) is 16.0. The largest absolute Gasteiger partial charge is 0.352 e. The van der Waals surface area contributed by atoms with Gasteiger partial charge in [-0.15, -0.1) is 11.3 Å². The molecule has 1 aromatic carbocycles. The molecule has 5 heteroatoms. The lowest BCUT2D eigenvalue weighted by molar-refractivity contribution is 0.0954. The third-order valence-corrected chi connectivity index (χ3v) is 4.21. The maximum Gasteiger partial charge on any atom is 0.251 e. The van der Waals surface area contributed by atoms with Crippen molar-refractivity contribution < 1.29 is 4.79 Å². The molecule has 1 amide bonds. The van der Waals surface area contributed by atoms with Crippen molar-refractivity contribution in [2.24, 2.45) is 0 Å². The molecule has 0 aliphatic carbocycles. The number of hydrogen-bond donors (Lipinski definition) is 1. The van der Waals surface area contributed by atoms with Gasteiger partial charge in [0.05, 0.1) is 10.7 Å². The molecule has 0 fully saturated rings. The van der Waals surface area contributed by atoms with E-state index in [1.165, 1.54) is 0 Å². The van der Waals surface area contributed by atoms with Gasteiger partial charge in [0.15, 0.2) is 0 Å². The first-order valence-electron chi connectivity index (χ1n) is 6.85. The number of thiazole rings is 1. The zero-order valence-electron chi connectivity index (χ0n) is 12.4. The Labute approximate surface area is 134 Å². The molecule has 0 bridgehead atoms. The zero-order valence-corrected chi connectivity index (χ0v) is 14.0. The fourth-order valence-electron chi connectivity index (χ4n) is 1.76. The van der Waals surface area contributed by atoms with Crippen molar-refractivity contribution >= 4 is 28.8 Å². The Morgan fingerprint density at radius 2 is 1.95 bits per heavy atom. The summed E-state index contributed by atoms with van der Waals surface area (Å²) in [5.74, 6) is -0.0840. The topological polar surface area (TPSA) is 42.0 Å². The van der Waals surface area contributed by atoms with Crippen LogP contribution in [0.15, 0.2) is 29.6 Å². The van der Waals surface area contributed by atoms with Crippen LogP contribution < -0.4 is 5.32 Å². The highest BCUT2D eigenvalue weighted by molar-refractivity contribution is 7.09. The molecule has 1 heterocycles. The second kappa shape index (κ2) is 6.58. The average Bonchev–Trinajstić information content (AvgIpc) is 2.88. The molecule has 0 atom stereocenters. The van der Waals surface area contributed by atoms with Gasteiger partial charge in [-0.25, -0.2) is 4.98 Å². The molecule has 3 nitrogen and oxygen atoms in total. The Morgan fingerprint density at radius 1 is 1.29 bits per heavy atom. The van der Waals surface area contributed by atoms with Crippen LogP contribution in [-0.4, -0.2) is 17.4 Å². The maximum absolute atomic E-state index is 11.9. The molecule has 1 N–H and O–H groups in total. The minimum absolute atomic E-state index is 0.0707. The van der Waals surface area contributed by atoms with Gasteiger partial charge in [-0.05, 0) is 24.3 Å². The van der Waals surface area contributed by atoms with E-state index in [4.69, 9.17) is 11.6 Å². The summed E-state index contributed by atoms with van der Waals surface area (Å²) >= 11 is 7.45. The van der Waals surface area contributed by atoms with E-state index >= 15 is 0 Å². The van der Waals surface area contributed by atoms with E-state index in [0.717, 1.165) is 17.1 Å². The van der Waals surface area contributed by atoms with Gasteiger partial charge in [0.2, 0.25) is 0 Å². The molecular weight excluding hydrogens is 304 g/mol. The number of amides is 1. The van der Waals surface area contributed by atoms with Gasteiger partial charge in [-0.2, -0.15) is 0 Å². The van der Waals surface area contributed by atoms with Crippen molar-refractivity contribution in [3.8, 4) is 0 Å². The molecule has 1 aromatic heterocycles. The summed E-state index contributed by atoms with van der Waals surface area (Å²) in [4.78, 5) is 16.6. The van der Waals surface area contributed by atoms with Crippen LogP contribution in [-0.2, 0) is 11.8 Å². The summed E-state index contributed by atoms with van der Waals surface area (Å²) in [6, 6.07) is 6.87. The molecule has 0 unspecified atom stereocenters. The van der Waals surface area contributed by atoms with Crippen LogP contribution in [0.2, 0.25) is 5.02 Å². The normalized spacial score (nSPS) is 11.4. The Balaban J connectivity index is 1.85. The lowest BCUT2D eigenvalue weighted by atomic mass is 9.93. The molecule has 0 aliphatic heterocycles.